The van der Waals surface area contributed by atoms with E-state index in [1.165, 1.54) is 64.7 Å². The number of carboxylic acid groups (broad SMARTS) is 1. The molecule has 4 nitrogen and oxygen atoms in total. The van der Waals surface area contributed by atoms with E-state index in [4.69, 9.17) is 5.11 Å². The van der Waals surface area contributed by atoms with Crippen LogP contribution < -0.4 is 0 Å². The summed E-state index contributed by atoms with van der Waals surface area (Å²) in [6.07, 6.45) is 8.71. The van der Waals surface area contributed by atoms with Crippen molar-refractivity contribution in [2.24, 2.45) is 0 Å². The molecular weight excluding hydrogens is 252 g/mol. The van der Waals surface area contributed by atoms with Gasteiger partial charge in [0.05, 0.1) is 0 Å². The summed E-state index contributed by atoms with van der Waals surface area (Å²) in [5, 5.41) is 8.91. The van der Waals surface area contributed by atoms with Crippen LogP contribution in [0.4, 0.5) is 0 Å². The first-order valence-corrected chi connectivity index (χ1v) is 8.40. The molecule has 116 valence electrons. The first kappa shape index (κ1) is 15.8. The van der Waals surface area contributed by atoms with E-state index in [9.17, 15) is 4.79 Å². The highest BCUT2D eigenvalue weighted by molar-refractivity contribution is 5.66. The Morgan fingerprint density at radius 2 is 1.90 bits per heavy atom. The van der Waals surface area contributed by atoms with Gasteiger partial charge in [-0.1, -0.05) is 13.3 Å². The van der Waals surface area contributed by atoms with Gasteiger partial charge in [0.1, 0.15) is 0 Å². The van der Waals surface area contributed by atoms with E-state index >= 15 is 0 Å². The molecule has 2 fully saturated rings. The standard InChI is InChI=1S/C16H30N2O2/c1-2-10-17-12-8-15(9-13-17)18-11-4-3-5-14(18)6-7-16(19)20/h14-15H,2-13H2,1H3,(H,19,20). The molecule has 2 aliphatic heterocycles. The van der Waals surface area contributed by atoms with Crippen molar-refractivity contribution in [1.29, 1.82) is 0 Å². The lowest BCUT2D eigenvalue weighted by Gasteiger charge is -2.44. The van der Waals surface area contributed by atoms with Gasteiger partial charge in [-0.05, 0) is 64.7 Å². The van der Waals surface area contributed by atoms with Gasteiger partial charge in [-0.2, -0.15) is 0 Å². The number of nitrogens with zero attached hydrogens (tertiary/aromatic N) is 2. The molecule has 2 aliphatic rings. The molecule has 0 spiro atoms. The fourth-order valence-corrected chi connectivity index (χ4v) is 3.89. The molecule has 0 aromatic heterocycles. The van der Waals surface area contributed by atoms with Gasteiger partial charge < -0.3 is 10.0 Å². The van der Waals surface area contributed by atoms with Crippen LogP contribution in [0.25, 0.3) is 0 Å². The molecule has 0 aromatic rings. The van der Waals surface area contributed by atoms with Gasteiger partial charge in [-0.3, -0.25) is 9.69 Å². The highest BCUT2D eigenvalue weighted by atomic mass is 16.4. The van der Waals surface area contributed by atoms with Crippen molar-refractivity contribution in [3.05, 3.63) is 0 Å². The number of hydrogen-bond donors (Lipinski definition) is 1. The highest BCUT2D eigenvalue weighted by Gasteiger charge is 2.31. The zero-order valence-corrected chi connectivity index (χ0v) is 12.9. The minimum Gasteiger partial charge on any atom is -0.481 e. The zero-order valence-electron chi connectivity index (χ0n) is 12.9. The van der Waals surface area contributed by atoms with E-state index in [-0.39, 0.29) is 0 Å². The number of aliphatic carboxylic acids is 1. The monoisotopic (exact) mass is 282 g/mol. The maximum Gasteiger partial charge on any atom is 0.303 e. The van der Waals surface area contributed by atoms with Crippen LogP contribution >= 0.6 is 0 Å². The summed E-state index contributed by atoms with van der Waals surface area (Å²) in [4.78, 5) is 16.0. The summed E-state index contributed by atoms with van der Waals surface area (Å²) in [7, 11) is 0. The number of likely N-dealkylation sites (tertiary alicyclic amines) is 2. The molecule has 0 radical (unpaired) electrons. The van der Waals surface area contributed by atoms with E-state index in [1.54, 1.807) is 0 Å². The number of carboxylic acids is 1. The number of rotatable bonds is 6. The molecular formula is C16H30N2O2. The predicted molar refractivity (Wildman–Crippen MR) is 81.0 cm³/mol. The van der Waals surface area contributed by atoms with Crippen molar-refractivity contribution in [2.45, 2.75) is 70.4 Å². The normalized spacial score (nSPS) is 26.8. The Morgan fingerprint density at radius 3 is 2.55 bits per heavy atom. The van der Waals surface area contributed by atoms with Crippen molar-refractivity contribution in [1.82, 2.24) is 9.80 Å². The summed E-state index contributed by atoms with van der Waals surface area (Å²) < 4.78 is 0. The highest BCUT2D eigenvalue weighted by Crippen LogP contribution is 2.27. The van der Waals surface area contributed by atoms with Gasteiger partial charge >= 0.3 is 5.97 Å². The number of hydrogen-bond acceptors (Lipinski definition) is 3. The van der Waals surface area contributed by atoms with Crippen molar-refractivity contribution in [3.63, 3.8) is 0 Å². The Morgan fingerprint density at radius 1 is 1.15 bits per heavy atom. The van der Waals surface area contributed by atoms with Crippen molar-refractivity contribution in [2.75, 3.05) is 26.2 Å². The Balaban J connectivity index is 1.83. The minimum absolute atomic E-state index is 0.329. The van der Waals surface area contributed by atoms with E-state index < -0.39 is 5.97 Å². The molecule has 1 N–H and O–H groups in total. The van der Waals surface area contributed by atoms with Crippen LogP contribution in [0.3, 0.4) is 0 Å². The number of carbonyl (C=O) groups is 1. The predicted octanol–water partition coefficient (Wildman–Crippen LogP) is 2.58. The molecule has 0 amide bonds. The van der Waals surface area contributed by atoms with E-state index in [2.05, 4.69) is 16.7 Å². The maximum absolute atomic E-state index is 10.8. The Kier molecular flexibility index (Phi) is 6.30. The van der Waals surface area contributed by atoms with Gasteiger partial charge in [-0.15, -0.1) is 0 Å². The fourth-order valence-electron chi connectivity index (χ4n) is 3.89. The smallest absolute Gasteiger partial charge is 0.303 e. The first-order valence-electron chi connectivity index (χ1n) is 8.40. The lowest BCUT2D eigenvalue weighted by Crippen LogP contribution is -2.51. The summed E-state index contributed by atoms with van der Waals surface area (Å²) in [6, 6.07) is 1.21. The Bertz CT molecular complexity index is 301. The second kappa shape index (κ2) is 7.99. The van der Waals surface area contributed by atoms with Crippen LogP contribution in [-0.4, -0.2) is 59.1 Å². The molecule has 20 heavy (non-hydrogen) atoms. The second-order valence-corrected chi connectivity index (χ2v) is 6.39. The van der Waals surface area contributed by atoms with E-state index in [0.717, 1.165) is 6.42 Å². The van der Waals surface area contributed by atoms with Gasteiger partial charge in [-0.25, -0.2) is 0 Å². The molecule has 1 unspecified atom stereocenters. The maximum atomic E-state index is 10.8. The van der Waals surface area contributed by atoms with E-state index in [1.807, 2.05) is 0 Å². The van der Waals surface area contributed by atoms with Gasteiger partial charge in [0.25, 0.3) is 0 Å². The van der Waals surface area contributed by atoms with Crippen LogP contribution in [0.15, 0.2) is 0 Å². The van der Waals surface area contributed by atoms with Crippen molar-refractivity contribution < 1.29 is 9.90 Å². The molecule has 2 heterocycles. The van der Waals surface area contributed by atoms with Gasteiger partial charge in [0.2, 0.25) is 0 Å². The zero-order chi connectivity index (χ0) is 14.4. The van der Waals surface area contributed by atoms with Crippen molar-refractivity contribution >= 4 is 5.97 Å². The average Bonchev–Trinajstić information content (AvgIpc) is 2.47. The summed E-state index contributed by atoms with van der Waals surface area (Å²) in [6.45, 7) is 7.11. The van der Waals surface area contributed by atoms with Crippen molar-refractivity contribution in [3.8, 4) is 0 Å². The average molecular weight is 282 g/mol. The molecule has 2 rings (SSSR count). The lowest BCUT2D eigenvalue weighted by atomic mass is 9.92. The minimum atomic E-state index is -0.645. The third kappa shape index (κ3) is 4.45. The third-order valence-electron chi connectivity index (χ3n) is 4.93. The molecule has 0 aliphatic carbocycles. The SMILES string of the molecule is CCCN1CCC(N2CCCCC2CCC(=O)O)CC1. The van der Waals surface area contributed by atoms with Crippen LogP contribution in [0.5, 0.6) is 0 Å². The van der Waals surface area contributed by atoms with Crippen LogP contribution in [-0.2, 0) is 4.79 Å². The van der Waals surface area contributed by atoms with Crippen LogP contribution in [0.2, 0.25) is 0 Å². The summed E-state index contributed by atoms with van der Waals surface area (Å²) >= 11 is 0. The molecule has 4 heteroatoms. The molecule has 0 bridgehead atoms. The molecule has 2 saturated heterocycles. The van der Waals surface area contributed by atoms with E-state index in [0.29, 0.717) is 18.5 Å². The van der Waals surface area contributed by atoms with Gasteiger partial charge in [0.15, 0.2) is 0 Å². The Hall–Kier alpha value is -0.610. The molecule has 0 aromatic carbocycles. The largest absolute Gasteiger partial charge is 0.481 e. The summed E-state index contributed by atoms with van der Waals surface area (Å²) in [5.41, 5.74) is 0. The quantitative estimate of drug-likeness (QED) is 0.813. The lowest BCUT2D eigenvalue weighted by molar-refractivity contribution is -0.137. The second-order valence-electron chi connectivity index (χ2n) is 6.39. The topological polar surface area (TPSA) is 43.8 Å². The first-order chi connectivity index (χ1) is 9.70. The third-order valence-corrected chi connectivity index (χ3v) is 4.93. The molecule has 0 saturated carbocycles. The van der Waals surface area contributed by atoms with Crippen LogP contribution in [0, 0.1) is 0 Å². The Labute approximate surface area is 123 Å². The number of piperidine rings is 2. The fraction of sp³-hybridized carbons (Fsp3) is 0.938. The van der Waals surface area contributed by atoms with Crippen LogP contribution in [0.1, 0.15) is 58.3 Å². The molecule has 1 atom stereocenters. The summed E-state index contributed by atoms with van der Waals surface area (Å²) in [5.74, 6) is -0.645. The van der Waals surface area contributed by atoms with Gasteiger partial charge in [0, 0.05) is 18.5 Å².